The van der Waals surface area contributed by atoms with Gasteiger partial charge in [-0.2, -0.15) is 5.10 Å². The second kappa shape index (κ2) is 6.81. The normalized spacial score (nSPS) is 15.7. The first-order valence-corrected chi connectivity index (χ1v) is 8.03. The number of aromatic nitrogens is 3. The highest BCUT2D eigenvalue weighted by molar-refractivity contribution is 5.96. The number of likely N-dealkylation sites (tertiary alicyclic amines) is 1. The molecule has 0 spiro atoms. The summed E-state index contributed by atoms with van der Waals surface area (Å²) < 4.78 is 7.14. The Bertz CT molecular complexity index is 675. The Morgan fingerprint density at radius 2 is 2.17 bits per heavy atom. The quantitative estimate of drug-likeness (QED) is 0.869. The predicted molar refractivity (Wildman–Crippen MR) is 86.6 cm³/mol. The fourth-order valence-corrected chi connectivity index (χ4v) is 3.07. The molecule has 0 aliphatic carbocycles. The van der Waals surface area contributed by atoms with Crippen LogP contribution in [0.4, 0.5) is 0 Å². The van der Waals surface area contributed by atoms with Crippen LogP contribution in [-0.2, 0) is 6.54 Å². The molecule has 1 saturated heterocycles. The first-order chi connectivity index (χ1) is 11.2. The van der Waals surface area contributed by atoms with Gasteiger partial charge in [0.05, 0.1) is 13.3 Å². The van der Waals surface area contributed by atoms with Gasteiger partial charge in [-0.3, -0.25) is 9.48 Å². The Morgan fingerprint density at radius 1 is 1.39 bits per heavy atom. The summed E-state index contributed by atoms with van der Waals surface area (Å²) in [6, 6.07) is 3.53. The second-order valence-corrected chi connectivity index (χ2v) is 5.76. The van der Waals surface area contributed by atoms with Gasteiger partial charge in [-0.25, -0.2) is 4.98 Å². The molecule has 0 bridgehead atoms. The summed E-state index contributed by atoms with van der Waals surface area (Å²) in [5.41, 5.74) is 1.81. The van der Waals surface area contributed by atoms with Crippen molar-refractivity contribution in [3.05, 3.63) is 41.9 Å². The molecule has 3 heterocycles. The molecule has 1 fully saturated rings. The van der Waals surface area contributed by atoms with E-state index in [0.29, 0.717) is 17.4 Å². The summed E-state index contributed by atoms with van der Waals surface area (Å²) in [5.74, 6) is 0.872. The maximum atomic E-state index is 12.7. The average molecular weight is 314 g/mol. The molecular formula is C17H22N4O2. The van der Waals surface area contributed by atoms with Crippen molar-refractivity contribution >= 4 is 5.91 Å². The van der Waals surface area contributed by atoms with Crippen molar-refractivity contribution in [2.45, 2.75) is 32.2 Å². The Labute approximate surface area is 136 Å². The highest BCUT2D eigenvalue weighted by Crippen LogP contribution is 2.29. The lowest BCUT2D eigenvalue weighted by molar-refractivity contribution is 0.0708. The molecule has 122 valence electrons. The monoisotopic (exact) mass is 314 g/mol. The molecule has 0 unspecified atom stereocenters. The number of hydrogen-bond acceptors (Lipinski definition) is 4. The van der Waals surface area contributed by atoms with Gasteiger partial charge in [0.2, 0.25) is 5.88 Å². The van der Waals surface area contributed by atoms with Gasteiger partial charge < -0.3 is 9.64 Å². The van der Waals surface area contributed by atoms with Gasteiger partial charge in [0.1, 0.15) is 5.56 Å². The van der Waals surface area contributed by atoms with E-state index in [4.69, 9.17) is 4.74 Å². The number of aryl methyl sites for hydroxylation is 1. The molecule has 2 aromatic rings. The molecule has 2 aromatic heterocycles. The third-order valence-electron chi connectivity index (χ3n) is 4.43. The van der Waals surface area contributed by atoms with Crippen molar-refractivity contribution in [3.8, 4) is 5.88 Å². The minimum absolute atomic E-state index is 0.00217. The highest BCUT2D eigenvalue weighted by atomic mass is 16.5. The van der Waals surface area contributed by atoms with Crippen LogP contribution in [0.1, 0.15) is 41.6 Å². The van der Waals surface area contributed by atoms with Crippen molar-refractivity contribution in [2.24, 2.45) is 0 Å². The van der Waals surface area contributed by atoms with Crippen molar-refractivity contribution < 1.29 is 9.53 Å². The Balaban J connectivity index is 1.65. The molecule has 1 aliphatic heterocycles. The van der Waals surface area contributed by atoms with Crippen LogP contribution in [0.15, 0.2) is 30.7 Å². The summed E-state index contributed by atoms with van der Waals surface area (Å²) >= 11 is 0. The summed E-state index contributed by atoms with van der Waals surface area (Å²) in [6.45, 7) is 4.47. The number of nitrogens with zero attached hydrogens (tertiary/aromatic N) is 4. The molecule has 0 saturated carbocycles. The summed E-state index contributed by atoms with van der Waals surface area (Å²) in [5, 5.41) is 4.35. The smallest absolute Gasteiger partial charge is 0.259 e. The zero-order valence-corrected chi connectivity index (χ0v) is 13.6. The Kier molecular flexibility index (Phi) is 4.60. The van der Waals surface area contributed by atoms with E-state index in [-0.39, 0.29) is 5.91 Å². The molecule has 0 radical (unpaired) electrons. The molecule has 0 atom stereocenters. The molecule has 1 amide bonds. The zero-order chi connectivity index (χ0) is 16.2. The number of carbonyl (C=O) groups excluding carboxylic acids is 1. The van der Waals surface area contributed by atoms with Crippen LogP contribution in [0, 0.1) is 0 Å². The number of piperidine rings is 1. The fourth-order valence-electron chi connectivity index (χ4n) is 3.07. The first kappa shape index (κ1) is 15.5. The molecular weight excluding hydrogens is 292 g/mol. The molecule has 0 aromatic carbocycles. The van der Waals surface area contributed by atoms with Crippen molar-refractivity contribution in [1.82, 2.24) is 19.7 Å². The van der Waals surface area contributed by atoms with Crippen molar-refractivity contribution in [1.29, 1.82) is 0 Å². The van der Waals surface area contributed by atoms with E-state index in [0.717, 1.165) is 32.5 Å². The maximum Gasteiger partial charge on any atom is 0.259 e. The van der Waals surface area contributed by atoms with Crippen LogP contribution >= 0.6 is 0 Å². The van der Waals surface area contributed by atoms with E-state index in [2.05, 4.69) is 23.2 Å². The number of carbonyl (C=O) groups is 1. The number of amides is 1. The van der Waals surface area contributed by atoms with Gasteiger partial charge in [-0.1, -0.05) is 0 Å². The van der Waals surface area contributed by atoms with Crippen LogP contribution in [-0.4, -0.2) is 45.8 Å². The van der Waals surface area contributed by atoms with E-state index < -0.39 is 0 Å². The lowest BCUT2D eigenvalue weighted by atomic mass is 9.91. The molecule has 1 aliphatic rings. The Hall–Kier alpha value is -2.37. The van der Waals surface area contributed by atoms with Crippen LogP contribution in [0.2, 0.25) is 0 Å². The van der Waals surface area contributed by atoms with Crippen LogP contribution in [0.3, 0.4) is 0 Å². The van der Waals surface area contributed by atoms with Crippen LogP contribution in [0.5, 0.6) is 5.88 Å². The minimum Gasteiger partial charge on any atom is -0.480 e. The third kappa shape index (κ3) is 3.21. The zero-order valence-electron chi connectivity index (χ0n) is 13.6. The highest BCUT2D eigenvalue weighted by Gasteiger charge is 2.27. The largest absolute Gasteiger partial charge is 0.480 e. The summed E-state index contributed by atoms with van der Waals surface area (Å²) in [6.07, 6.45) is 7.63. The summed E-state index contributed by atoms with van der Waals surface area (Å²) in [4.78, 5) is 18.7. The van der Waals surface area contributed by atoms with Crippen molar-refractivity contribution in [2.75, 3.05) is 20.2 Å². The predicted octanol–water partition coefficient (Wildman–Crippen LogP) is 2.33. The third-order valence-corrected chi connectivity index (χ3v) is 4.43. The maximum absolute atomic E-state index is 12.7. The lowest BCUT2D eigenvalue weighted by Gasteiger charge is -2.31. The van der Waals surface area contributed by atoms with E-state index in [1.807, 2.05) is 15.8 Å². The lowest BCUT2D eigenvalue weighted by Crippen LogP contribution is -2.38. The van der Waals surface area contributed by atoms with Gasteiger partial charge >= 0.3 is 0 Å². The minimum atomic E-state index is -0.00217. The number of methoxy groups -OCH3 is 1. The van der Waals surface area contributed by atoms with Crippen molar-refractivity contribution in [3.63, 3.8) is 0 Å². The van der Waals surface area contributed by atoms with Gasteiger partial charge in [-0.15, -0.1) is 0 Å². The van der Waals surface area contributed by atoms with Gasteiger partial charge in [-0.05, 0) is 43.4 Å². The van der Waals surface area contributed by atoms with E-state index in [1.165, 1.54) is 12.7 Å². The molecule has 3 rings (SSSR count). The average Bonchev–Trinajstić information content (AvgIpc) is 3.10. The molecule has 0 N–H and O–H groups in total. The van der Waals surface area contributed by atoms with Crippen LogP contribution < -0.4 is 4.74 Å². The molecule has 6 heteroatoms. The molecule has 23 heavy (non-hydrogen) atoms. The van der Waals surface area contributed by atoms with E-state index >= 15 is 0 Å². The SMILES string of the molecule is CCn1cc(C2CCN(C(=O)c3cccnc3OC)CC2)cn1. The van der Waals surface area contributed by atoms with Gasteiger partial charge in [0.15, 0.2) is 0 Å². The van der Waals surface area contributed by atoms with Gasteiger partial charge in [0, 0.05) is 32.0 Å². The number of hydrogen-bond donors (Lipinski definition) is 0. The first-order valence-electron chi connectivity index (χ1n) is 8.03. The summed E-state index contributed by atoms with van der Waals surface area (Å²) in [7, 11) is 1.54. The molecule has 6 nitrogen and oxygen atoms in total. The number of rotatable bonds is 4. The van der Waals surface area contributed by atoms with Crippen LogP contribution in [0.25, 0.3) is 0 Å². The fraction of sp³-hybridized carbons (Fsp3) is 0.471. The number of ether oxygens (including phenoxy) is 1. The number of pyridine rings is 1. The Morgan fingerprint density at radius 3 is 2.83 bits per heavy atom. The topological polar surface area (TPSA) is 60.2 Å². The van der Waals surface area contributed by atoms with Gasteiger partial charge in [0.25, 0.3) is 5.91 Å². The van der Waals surface area contributed by atoms with E-state index in [9.17, 15) is 4.79 Å². The second-order valence-electron chi connectivity index (χ2n) is 5.76. The standard InChI is InChI=1S/C17H22N4O2/c1-3-21-12-14(11-19-21)13-6-9-20(10-7-13)17(22)15-5-4-8-18-16(15)23-2/h4-5,8,11-13H,3,6-7,9-10H2,1-2H3. The van der Waals surface area contributed by atoms with E-state index in [1.54, 1.807) is 18.3 Å².